The van der Waals surface area contributed by atoms with Crippen LogP contribution in [0.2, 0.25) is 0 Å². The second-order valence-electron chi connectivity index (χ2n) is 8.24. The Morgan fingerprint density at radius 1 is 1.19 bits per heavy atom. The van der Waals surface area contributed by atoms with Crippen molar-refractivity contribution in [2.24, 2.45) is 5.92 Å². The summed E-state index contributed by atoms with van der Waals surface area (Å²) >= 11 is 1.77. The number of rotatable bonds is 9. The van der Waals surface area contributed by atoms with Gasteiger partial charge in [0.15, 0.2) is 0 Å². The largest absolute Gasteiger partial charge is 0.497 e. The van der Waals surface area contributed by atoms with E-state index in [0.717, 1.165) is 40.3 Å². The summed E-state index contributed by atoms with van der Waals surface area (Å²) in [4.78, 5) is 21.3. The minimum Gasteiger partial charge on any atom is -0.497 e. The molecule has 0 bridgehead atoms. The Bertz CT molecular complexity index is 1010. The highest BCUT2D eigenvalue weighted by Crippen LogP contribution is 2.32. The van der Waals surface area contributed by atoms with E-state index < -0.39 is 0 Å². The lowest BCUT2D eigenvalue weighted by Crippen LogP contribution is -2.34. The molecule has 4 N–H and O–H groups in total. The normalized spacial score (nSPS) is 21.5. The number of hydrazine groups is 1. The van der Waals surface area contributed by atoms with Gasteiger partial charge in [-0.25, -0.2) is 10.4 Å². The first kappa shape index (κ1) is 22.6. The van der Waals surface area contributed by atoms with Crippen LogP contribution in [0.25, 0.3) is 11.0 Å². The predicted octanol–water partition coefficient (Wildman–Crippen LogP) is 3.73. The topological polar surface area (TPSA) is 91.1 Å². The van der Waals surface area contributed by atoms with E-state index in [1.807, 2.05) is 36.4 Å². The molecule has 2 aromatic carbocycles. The number of methoxy groups -OCH3 is 1. The fourth-order valence-corrected chi connectivity index (χ4v) is 4.75. The summed E-state index contributed by atoms with van der Waals surface area (Å²) in [6, 6.07) is 16.1. The Morgan fingerprint density at radius 3 is 2.69 bits per heavy atom. The van der Waals surface area contributed by atoms with Crippen molar-refractivity contribution < 1.29 is 9.53 Å². The van der Waals surface area contributed by atoms with E-state index >= 15 is 0 Å². The van der Waals surface area contributed by atoms with Gasteiger partial charge in [0.25, 0.3) is 0 Å². The molecule has 170 valence electrons. The number of hydrogen-bond acceptors (Lipinski definition) is 6. The van der Waals surface area contributed by atoms with Gasteiger partial charge in [-0.05, 0) is 55.2 Å². The Hall–Kier alpha value is -2.55. The number of amides is 1. The van der Waals surface area contributed by atoms with Crippen molar-refractivity contribution in [1.29, 1.82) is 0 Å². The van der Waals surface area contributed by atoms with E-state index in [9.17, 15) is 4.79 Å². The maximum absolute atomic E-state index is 13.1. The molecule has 4 atom stereocenters. The molecule has 7 nitrogen and oxygen atoms in total. The Kier molecular flexibility index (Phi) is 7.34. The third-order valence-electron chi connectivity index (χ3n) is 6.12. The van der Waals surface area contributed by atoms with Crippen LogP contribution in [0, 0.1) is 5.92 Å². The fourth-order valence-electron chi connectivity index (χ4n) is 4.28. The minimum atomic E-state index is -0.139. The SMILES string of the molecule is COc1ccc(C2NNC(C)C2CC(=O)NC(CCSC)c2nc3ccccc3[nH]2)cc1. The van der Waals surface area contributed by atoms with Crippen molar-refractivity contribution in [2.75, 3.05) is 19.1 Å². The molecule has 1 aliphatic rings. The molecule has 0 aliphatic carbocycles. The van der Waals surface area contributed by atoms with Gasteiger partial charge in [-0.15, -0.1) is 0 Å². The molecule has 32 heavy (non-hydrogen) atoms. The lowest BCUT2D eigenvalue weighted by molar-refractivity contribution is -0.123. The van der Waals surface area contributed by atoms with Gasteiger partial charge in [0, 0.05) is 18.4 Å². The van der Waals surface area contributed by atoms with Gasteiger partial charge in [0.2, 0.25) is 5.91 Å². The van der Waals surface area contributed by atoms with E-state index in [2.05, 4.69) is 46.5 Å². The summed E-state index contributed by atoms with van der Waals surface area (Å²) in [5.74, 6) is 2.75. The molecule has 1 aromatic heterocycles. The van der Waals surface area contributed by atoms with Gasteiger partial charge < -0.3 is 15.0 Å². The highest BCUT2D eigenvalue weighted by atomic mass is 32.2. The van der Waals surface area contributed by atoms with E-state index in [1.54, 1.807) is 18.9 Å². The van der Waals surface area contributed by atoms with Gasteiger partial charge in [-0.2, -0.15) is 11.8 Å². The second-order valence-corrected chi connectivity index (χ2v) is 9.22. The van der Waals surface area contributed by atoms with Gasteiger partial charge in [0.05, 0.1) is 30.2 Å². The highest BCUT2D eigenvalue weighted by Gasteiger charge is 2.36. The summed E-state index contributed by atoms with van der Waals surface area (Å²) in [6.07, 6.45) is 3.33. The molecule has 4 rings (SSSR count). The number of ether oxygens (including phenoxy) is 1. The number of nitrogens with zero attached hydrogens (tertiary/aromatic N) is 1. The van der Waals surface area contributed by atoms with Crippen LogP contribution in [0.3, 0.4) is 0 Å². The first-order valence-electron chi connectivity index (χ1n) is 11.0. The van der Waals surface area contributed by atoms with Gasteiger partial charge in [-0.1, -0.05) is 24.3 Å². The number of carbonyl (C=O) groups is 1. The third-order valence-corrected chi connectivity index (χ3v) is 6.76. The zero-order valence-corrected chi connectivity index (χ0v) is 19.5. The number of benzene rings is 2. The first-order chi connectivity index (χ1) is 15.6. The van der Waals surface area contributed by atoms with Crippen molar-refractivity contribution >= 4 is 28.7 Å². The Morgan fingerprint density at radius 2 is 1.97 bits per heavy atom. The number of thioether (sulfide) groups is 1. The molecule has 8 heteroatoms. The van der Waals surface area contributed by atoms with E-state index in [-0.39, 0.29) is 30.0 Å². The first-order valence-corrected chi connectivity index (χ1v) is 12.4. The van der Waals surface area contributed by atoms with Crippen LogP contribution < -0.4 is 20.9 Å². The molecule has 0 saturated carbocycles. The highest BCUT2D eigenvalue weighted by molar-refractivity contribution is 7.98. The Balaban J connectivity index is 1.47. The van der Waals surface area contributed by atoms with Crippen LogP contribution in [-0.2, 0) is 4.79 Å². The molecular weight excluding hydrogens is 422 g/mol. The van der Waals surface area contributed by atoms with Gasteiger partial charge >= 0.3 is 0 Å². The molecule has 0 spiro atoms. The zero-order valence-electron chi connectivity index (χ0n) is 18.7. The number of imidazole rings is 1. The smallest absolute Gasteiger partial charge is 0.220 e. The monoisotopic (exact) mass is 453 g/mol. The number of H-pyrrole nitrogens is 1. The maximum Gasteiger partial charge on any atom is 0.220 e. The molecule has 2 heterocycles. The summed E-state index contributed by atoms with van der Waals surface area (Å²) in [7, 11) is 1.66. The summed E-state index contributed by atoms with van der Waals surface area (Å²) in [6.45, 7) is 2.11. The van der Waals surface area contributed by atoms with E-state index in [4.69, 9.17) is 9.72 Å². The van der Waals surface area contributed by atoms with Crippen molar-refractivity contribution in [3.05, 3.63) is 59.9 Å². The lowest BCUT2D eigenvalue weighted by Gasteiger charge is -2.23. The summed E-state index contributed by atoms with van der Waals surface area (Å²) in [5, 5.41) is 3.25. The molecular formula is C24H31N5O2S. The average Bonchev–Trinajstić information content (AvgIpc) is 3.40. The molecule has 0 radical (unpaired) electrons. The summed E-state index contributed by atoms with van der Waals surface area (Å²) in [5.41, 5.74) is 9.71. The van der Waals surface area contributed by atoms with E-state index in [0.29, 0.717) is 6.42 Å². The van der Waals surface area contributed by atoms with Crippen LogP contribution in [0.1, 0.15) is 43.2 Å². The molecule has 4 unspecified atom stereocenters. The Labute approximate surface area is 193 Å². The van der Waals surface area contributed by atoms with Crippen molar-refractivity contribution in [1.82, 2.24) is 26.1 Å². The summed E-state index contributed by atoms with van der Waals surface area (Å²) < 4.78 is 5.27. The minimum absolute atomic E-state index is 0.0393. The molecule has 1 saturated heterocycles. The average molecular weight is 454 g/mol. The lowest BCUT2D eigenvalue weighted by atomic mass is 9.87. The van der Waals surface area contributed by atoms with Crippen LogP contribution in [-0.4, -0.2) is 41.0 Å². The number of aromatic amines is 1. The number of para-hydroxylation sites is 2. The number of fused-ring (bicyclic) bond motifs is 1. The number of nitrogens with one attached hydrogen (secondary N) is 4. The van der Waals surface area contributed by atoms with Crippen molar-refractivity contribution in [3.8, 4) is 5.75 Å². The fraction of sp³-hybridized carbons (Fsp3) is 0.417. The van der Waals surface area contributed by atoms with Gasteiger partial charge in [0.1, 0.15) is 11.6 Å². The number of carbonyl (C=O) groups excluding carboxylic acids is 1. The molecule has 1 fully saturated rings. The second kappa shape index (κ2) is 10.4. The third kappa shape index (κ3) is 5.09. The number of aromatic nitrogens is 2. The quantitative estimate of drug-likeness (QED) is 0.395. The standard InChI is InChI=1S/C24H31N5O2S/c1-15-18(23(29-28-15)16-8-10-17(31-2)11-9-16)14-22(30)25-21(12-13-32-3)24-26-19-6-4-5-7-20(19)27-24/h4-11,15,18,21,23,28-29H,12-14H2,1-3H3,(H,25,30)(H,26,27). The molecule has 1 aliphatic heterocycles. The van der Waals surface area contributed by atoms with Crippen LogP contribution in [0.4, 0.5) is 0 Å². The predicted molar refractivity (Wildman–Crippen MR) is 130 cm³/mol. The van der Waals surface area contributed by atoms with Crippen LogP contribution >= 0.6 is 11.8 Å². The molecule has 1 amide bonds. The van der Waals surface area contributed by atoms with Crippen LogP contribution in [0.5, 0.6) is 5.75 Å². The maximum atomic E-state index is 13.1. The van der Waals surface area contributed by atoms with E-state index in [1.165, 1.54) is 0 Å². The van der Waals surface area contributed by atoms with Crippen molar-refractivity contribution in [2.45, 2.75) is 37.9 Å². The van der Waals surface area contributed by atoms with Crippen LogP contribution in [0.15, 0.2) is 48.5 Å². The van der Waals surface area contributed by atoms with Crippen molar-refractivity contribution in [3.63, 3.8) is 0 Å². The molecule has 3 aromatic rings. The number of hydrogen-bond donors (Lipinski definition) is 4. The zero-order chi connectivity index (χ0) is 22.5. The van der Waals surface area contributed by atoms with Gasteiger partial charge in [-0.3, -0.25) is 10.2 Å².